The largest absolute Gasteiger partial charge is 0.493 e. The Balaban J connectivity index is 1.87. The maximum atomic E-state index is 12.8. The number of benzene rings is 3. The van der Waals surface area contributed by atoms with Crippen molar-refractivity contribution in [3.8, 4) is 34.5 Å². The average Bonchev–Trinajstić information content (AvgIpc) is 2.87. The average molecular weight is 480 g/mol. The fourth-order valence-corrected chi connectivity index (χ4v) is 3.19. The topological polar surface area (TPSA) is 107 Å². The highest BCUT2D eigenvalue weighted by atomic mass is 16.5. The summed E-state index contributed by atoms with van der Waals surface area (Å²) in [5, 5.41) is 0. The van der Waals surface area contributed by atoms with Gasteiger partial charge in [0, 0.05) is 6.07 Å². The van der Waals surface area contributed by atoms with Crippen LogP contribution in [0.5, 0.6) is 34.5 Å². The van der Waals surface area contributed by atoms with E-state index in [0.717, 1.165) is 0 Å². The van der Waals surface area contributed by atoms with Crippen molar-refractivity contribution < 1.29 is 42.8 Å². The predicted octanol–water partition coefficient (Wildman–Crippen LogP) is 4.36. The molecule has 3 rings (SSSR count). The van der Waals surface area contributed by atoms with Crippen molar-refractivity contribution in [1.82, 2.24) is 0 Å². The maximum Gasteiger partial charge on any atom is 0.343 e. The number of carbonyl (C=O) groups excluding carboxylic acids is 3. The van der Waals surface area contributed by atoms with Crippen LogP contribution in [-0.2, 0) is 0 Å². The van der Waals surface area contributed by atoms with E-state index in [1.165, 1.54) is 77.8 Å². The van der Waals surface area contributed by atoms with E-state index in [4.69, 9.17) is 28.4 Å². The van der Waals surface area contributed by atoms with Gasteiger partial charge in [0.2, 0.25) is 0 Å². The van der Waals surface area contributed by atoms with Crippen LogP contribution in [0.15, 0.2) is 54.6 Å². The van der Waals surface area contributed by atoms with Gasteiger partial charge in [-0.25, -0.2) is 9.59 Å². The summed E-state index contributed by atoms with van der Waals surface area (Å²) in [6.45, 7) is 1.33. The molecular weight excluding hydrogens is 456 g/mol. The number of Topliss-reactive ketones (excluding diaryl/α,β-unsaturated/α-hetero) is 1. The third-order valence-electron chi connectivity index (χ3n) is 4.98. The van der Waals surface area contributed by atoms with E-state index in [1.807, 2.05) is 0 Å². The van der Waals surface area contributed by atoms with Crippen LogP contribution in [-0.4, -0.2) is 46.2 Å². The third kappa shape index (κ3) is 5.70. The van der Waals surface area contributed by atoms with Gasteiger partial charge in [0.1, 0.15) is 11.5 Å². The quantitative estimate of drug-likeness (QED) is 0.251. The summed E-state index contributed by atoms with van der Waals surface area (Å²) in [5.41, 5.74) is 0.525. The molecule has 3 aromatic carbocycles. The Morgan fingerprint density at radius 1 is 0.543 bits per heavy atom. The SMILES string of the molecule is COc1ccc(C(=O)Oc2ccc(C(C)=O)c(OC(=O)c3ccc(OC)c(OC)c3)c2)cc1OC. The van der Waals surface area contributed by atoms with E-state index < -0.39 is 11.9 Å². The first-order valence-corrected chi connectivity index (χ1v) is 10.3. The van der Waals surface area contributed by atoms with E-state index in [-0.39, 0.29) is 34.0 Å². The zero-order valence-electron chi connectivity index (χ0n) is 19.9. The van der Waals surface area contributed by atoms with Gasteiger partial charge in [-0.15, -0.1) is 0 Å². The van der Waals surface area contributed by atoms with Gasteiger partial charge in [-0.3, -0.25) is 4.79 Å². The van der Waals surface area contributed by atoms with E-state index in [9.17, 15) is 14.4 Å². The van der Waals surface area contributed by atoms with Crippen molar-refractivity contribution in [2.75, 3.05) is 28.4 Å². The van der Waals surface area contributed by atoms with Crippen LogP contribution in [0, 0.1) is 0 Å². The molecule has 35 heavy (non-hydrogen) atoms. The summed E-state index contributed by atoms with van der Waals surface area (Å²) in [6.07, 6.45) is 0. The lowest BCUT2D eigenvalue weighted by Crippen LogP contribution is -2.13. The van der Waals surface area contributed by atoms with E-state index in [1.54, 1.807) is 12.1 Å². The highest BCUT2D eigenvalue weighted by molar-refractivity contribution is 5.99. The Bertz CT molecular complexity index is 1260. The highest BCUT2D eigenvalue weighted by Gasteiger charge is 2.19. The minimum atomic E-state index is -0.739. The Labute approximate surface area is 202 Å². The van der Waals surface area contributed by atoms with Gasteiger partial charge in [-0.2, -0.15) is 0 Å². The monoisotopic (exact) mass is 480 g/mol. The number of ether oxygens (including phenoxy) is 6. The Morgan fingerprint density at radius 3 is 1.49 bits per heavy atom. The summed E-state index contributed by atoms with van der Waals surface area (Å²) < 4.78 is 31.7. The number of methoxy groups -OCH3 is 4. The van der Waals surface area contributed by atoms with Crippen LogP contribution < -0.4 is 28.4 Å². The number of ketones is 1. The fourth-order valence-electron chi connectivity index (χ4n) is 3.19. The molecule has 0 atom stereocenters. The summed E-state index contributed by atoms with van der Waals surface area (Å²) >= 11 is 0. The van der Waals surface area contributed by atoms with E-state index in [0.29, 0.717) is 23.0 Å². The predicted molar refractivity (Wildman–Crippen MR) is 125 cm³/mol. The van der Waals surface area contributed by atoms with Gasteiger partial charge < -0.3 is 28.4 Å². The molecule has 0 spiro atoms. The van der Waals surface area contributed by atoms with Gasteiger partial charge in [-0.05, 0) is 55.5 Å². The Hall–Kier alpha value is -4.53. The molecular formula is C26H24O9. The van der Waals surface area contributed by atoms with Crippen LogP contribution in [0.4, 0.5) is 0 Å². The second kappa shape index (κ2) is 11.1. The molecule has 0 bridgehead atoms. The van der Waals surface area contributed by atoms with Crippen LogP contribution in [0.1, 0.15) is 38.0 Å². The molecule has 9 heteroatoms. The Kier molecular flexibility index (Phi) is 7.93. The zero-order valence-corrected chi connectivity index (χ0v) is 19.9. The first-order valence-electron chi connectivity index (χ1n) is 10.3. The van der Waals surface area contributed by atoms with Gasteiger partial charge in [0.05, 0.1) is 45.1 Å². The molecule has 182 valence electrons. The summed E-state index contributed by atoms with van der Waals surface area (Å²) in [5.74, 6) is -0.144. The van der Waals surface area contributed by atoms with Crippen molar-refractivity contribution in [2.24, 2.45) is 0 Å². The molecule has 0 aliphatic heterocycles. The van der Waals surface area contributed by atoms with E-state index >= 15 is 0 Å². The van der Waals surface area contributed by atoms with Gasteiger partial charge >= 0.3 is 11.9 Å². The molecule has 0 aliphatic rings. The molecule has 0 aromatic heterocycles. The summed E-state index contributed by atoms with van der Waals surface area (Å²) in [6, 6.07) is 13.2. The van der Waals surface area contributed by atoms with Crippen LogP contribution in [0.25, 0.3) is 0 Å². The second-order valence-electron chi connectivity index (χ2n) is 7.13. The summed E-state index contributed by atoms with van der Waals surface area (Å²) in [4.78, 5) is 37.5. The third-order valence-corrected chi connectivity index (χ3v) is 4.98. The number of rotatable bonds is 9. The van der Waals surface area contributed by atoms with Crippen molar-refractivity contribution in [3.63, 3.8) is 0 Å². The number of esters is 2. The van der Waals surface area contributed by atoms with Gasteiger partial charge in [0.15, 0.2) is 28.8 Å². The fraction of sp³-hybridized carbons (Fsp3) is 0.192. The van der Waals surface area contributed by atoms with E-state index in [2.05, 4.69) is 0 Å². The number of hydrogen-bond donors (Lipinski definition) is 0. The molecule has 0 saturated heterocycles. The first-order chi connectivity index (χ1) is 16.8. The standard InChI is InChI=1S/C26H24O9/c1-15(27)19-9-8-18(34-25(28)16-6-10-20(30-2)23(12-16)32-4)14-22(19)35-26(29)17-7-11-21(31-3)24(13-17)33-5/h6-14H,1-5H3. The minimum absolute atomic E-state index is 0.0603. The maximum absolute atomic E-state index is 12.8. The smallest absolute Gasteiger partial charge is 0.343 e. The molecule has 0 fully saturated rings. The molecule has 0 unspecified atom stereocenters. The molecule has 0 N–H and O–H groups in total. The second-order valence-corrected chi connectivity index (χ2v) is 7.13. The Morgan fingerprint density at radius 2 is 1.03 bits per heavy atom. The normalized spacial score (nSPS) is 10.2. The zero-order chi connectivity index (χ0) is 25.5. The van der Waals surface area contributed by atoms with Crippen molar-refractivity contribution in [1.29, 1.82) is 0 Å². The highest BCUT2D eigenvalue weighted by Crippen LogP contribution is 2.31. The number of hydrogen-bond acceptors (Lipinski definition) is 9. The lowest BCUT2D eigenvalue weighted by atomic mass is 10.1. The molecule has 0 radical (unpaired) electrons. The van der Waals surface area contributed by atoms with Crippen molar-refractivity contribution in [3.05, 3.63) is 71.3 Å². The van der Waals surface area contributed by atoms with Gasteiger partial charge in [0.25, 0.3) is 0 Å². The molecule has 3 aromatic rings. The molecule has 0 heterocycles. The molecule has 0 saturated carbocycles. The van der Waals surface area contributed by atoms with Gasteiger partial charge in [-0.1, -0.05) is 0 Å². The van der Waals surface area contributed by atoms with Crippen LogP contribution in [0.2, 0.25) is 0 Å². The molecule has 0 aliphatic carbocycles. The first kappa shape index (κ1) is 25.1. The minimum Gasteiger partial charge on any atom is -0.493 e. The molecule has 9 nitrogen and oxygen atoms in total. The van der Waals surface area contributed by atoms with Crippen molar-refractivity contribution >= 4 is 17.7 Å². The molecule has 0 amide bonds. The lowest BCUT2D eigenvalue weighted by molar-refractivity contribution is 0.0731. The van der Waals surface area contributed by atoms with Crippen molar-refractivity contribution in [2.45, 2.75) is 6.92 Å². The van der Waals surface area contributed by atoms with Crippen LogP contribution >= 0.6 is 0 Å². The van der Waals surface area contributed by atoms with Crippen LogP contribution in [0.3, 0.4) is 0 Å². The number of carbonyl (C=O) groups is 3. The lowest BCUT2D eigenvalue weighted by Gasteiger charge is -2.13. The summed E-state index contributed by atoms with van der Waals surface area (Å²) in [7, 11) is 5.85.